The van der Waals surface area contributed by atoms with Crippen molar-refractivity contribution in [1.82, 2.24) is 19.6 Å². The number of nitrogens with zero attached hydrogens (tertiary/aromatic N) is 4. The summed E-state index contributed by atoms with van der Waals surface area (Å²) in [6.45, 7) is 6.87. The fourth-order valence-corrected chi connectivity index (χ4v) is 3.55. The van der Waals surface area contributed by atoms with Gasteiger partial charge in [-0.3, -0.25) is 38.8 Å². The Kier molecular flexibility index (Phi) is 12.2. The lowest BCUT2D eigenvalue weighted by Gasteiger charge is -2.33. The van der Waals surface area contributed by atoms with Gasteiger partial charge in [0.15, 0.2) is 0 Å². The van der Waals surface area contributed by atoms with Crippen LogP contribution in [0.4, 0.5) is 0 Å². The molecule has 0 aromatic heterocycles. The van der Waals surface area contributed by atoms with Crippen molar-refractivity contribution in [3.8, 4) is 0 Å². The van der Waals surface area contributed by atoms with E-state index in [4.69, 9.17) is 5.11 Å². The molecule has 0 aromatic carbocycles. The summed E-state index contributed by atoms with van der Waals surface area (Å²) in [5.74, 6) is -2.58. The number of rotatable bonds is 10. The second-order valence-corrected chi connectivity index (χ2v) is 8.42. The molecular formula is C20H36N4O7. The third kappa shape index (κ3) is 13.0. The van der Waals surface area contributed by atoms with E-state index in [0.717, 1.165) is 0 Å². The molecule has 11 heteroatoms. The van der Waals surface area contributed by atoms with Crippen LogP contribution in [0.3, 0.4) is 0 Å². The summed E-state index contributed by atoms with van der Waals surface area (Å²) in [4.78, 5) is 53.2. The first-order chi connectivity index (χ1) is 14.5. The molecule has 178 valence electrons. The van der Waals surface area contributed by atoms with Crippen LogP contribution < -0.4 is 0 Å². The Labute approximate surface area is 183 Å². The molecule has 1 fully saturated rings. The number of carboxylic acid groups (broad SMARTS) is 3. The fourth-order valence-electron chi connectivity index (χ4n) is 3.55. The van der Waals surface area contributed by atoms with Crippen molar-refractivity contribution in [3.05, 3.63) is 0 Å². The van der Waals surface area contributed by atoms with E-state index in [1.807, 2.05) is 18.7 Å². The summed E-state index contributed by atoms with van der Waals surface area (Å²) in [6, 6.07) is 0. The van der Waals surface area contributed by atoms with Crippen LogP contribution in [-0.2, 0) is 19.2 Å². The minimum atomic E-state index is -0.989. The molecular weight excluding hydrogens is 408 g/mol. The minimum absolute atomic E-state index is 0.101. The lowest BCUT2D eigenvalue weighted by atomic mass is 10.1. The van der Waals surface area contributed by atoms with Gasteiger partial charge in [0.2, 0.25) is 0 Å². The highest BCUT2D eigenvalue weighted by Gasteiger charge is 2.21. The summed E-state index contributed by atoms with van der Waals surface area (Å²) in [5, 5.41) is 27.6. The summed E-state index contributed by atoms with van der Waals surface area (Å²) in [5.41, 5.74) is 0. The molecule has 1 heterocycles. The molecule has 3 N–H and O–H groups in total. The molecule has 31 heavy (non-hydrogen) atoms. The number of hydrogen-bond donors (Lipinski definition) is 3. The maximum Gasteiger partial charge on any atom is 0.317 e. The van der Waals surface area contributed by atoms with E-state index in [1.165, 1.54) is 0 Å². The molecule has 0 atom stereocenters. The minimum Gasteiger partial charge on any atom is -0.480 e. The molecule has 0 radical (unpaired) electrons. The van der Waals surface area contributed by atoms with Crippen molar-refractivity contribution in [1.29, 1.82) is 0 Å². The Morgan fingerprint density at radius 2 is 0.839 bits per heavy atom. The average molecular weight is 445 g/mol. The second kappa shape index (κ2) is 14.1. The van der Waals surface area contributed by atoms with Crippen LogP contribution in [0, 0.1) is 5.92 Å². The van der Waals surface area contributed by atoms with Gasteiger partial charge in [0.25, 0.3) is 0 Å². The van der Waals surface area contributed by atoms with E-state index < -0.39 is 17.9 Å². The van der Waals surface area contributed by atoms with Gasteiger partial charge in [-0.05, 0) is 5.92 Å². The summed E-state index contributed by atoms with van der Waals surface area (Å²) >= 11 is 0. The van der Waals surface area contributed by atoms with Gasteiger partial charge < -0.3 is 15.3 Å². The summed E-state index contributed by atoms with van der Waals surface area (Å²) in [6.07, 6.45) is 0.457. The van der Waals surface area contributed by atoms with Crippen LogP contribution in [0.15, 0.2) is 0 Å². The maximum absolute atomic E-state index is 12.3. The third-order valence-electron chi connectivity index (χ3n) is 5.04. The normalized spacial score (nSPS) is 18.9. The Morgan fingerprint density at radius 1 is 0.581 bits per heavy atom. The number of carboxylic acids is 3. The van der Waals surface area contributed by atoms with Crippen LogP contribution in [0.2, 0.25) is 0 Å². The van der Waals surface area contributed by atoms with Gasteiger partial charge in [-0.25, -0.2) is 0 Å². The number of carbonyl (C=O) groups is 4. The quantitative estimate of drug-likeness (QED) is 0.385. The smallest absolute Gasteiger partial charge is 0.317 e. The van der Waals surface area contributed by atoms with Crippen LogP contribution >= 0.6 is 0 Å². The number of hydrogen-bond acceptors (Lipinski definition) is 8. The highest BCUT2D eigenvalue weighted by atomic mass is 16.4. The largest absolute Gasteiger partial charge is 0.480 e. The first kappa shape index (κ1) is 27.0. The van der Waals surface area contributed by atoms with Crippen LogP contribution in [0.1, 0.15) is 20.3 Å². The molecule has 0 amide bonds. The van der Waals surface area contributed by atoms with Crippen molar-refractivity contribution in [2.75, 3.05) is 78.5 Å². The van der Waals surface area contributed by atoms with Gasteiger partial charge in [0, 0.05) is 58.8 Å². The number of Topliss-reactive ketones (excluding diaryl/α,β-unsaturated/α-hetero) is 1. The van der Waals surface area contributed by atoms with Gasteiger partial charge in [-0.2, -0.15) is 0 Å². The molecule has 0 aromatic rings. The maximum atomic E-state index is 12.3. The van der Waals surface area contributed by atoms with Gasteiger partial charge >= 0.3 is 17.9 Å². The van der Waals surface area contributed by atoms with Gasteiger partial charge in [-0.15, -0.1) is 0 Å². The Morgan fingerprint density at radius 3 is 1.06 bits per heavy atom. The molecule has 1 aliphatic heterocycles. The highest BCUT2D eigenvalue weighted by molar-refractivity contribution is 5.80. The number of aliphatic carboxylic acids is 3. The molecule has 1 rings (SSSR count). The zero-order chi connectivity index (χ0) is 23.4. The van der Waals surface area contributed by atoms with Gasteiger partial charge in [0.05, 0.1) is 26.2 Å². The van der Waals surface area contributed by atoms with E-state index in [-0.39, 0.29) is 37.9 Å². The van der Waals surface area contributed by atoms with Crippen molar-refractivity contribution in [2.24, 2.45) is 5.92 Å². The topological polar surface area (TPSA) is 142 Å². The zero-order valence-electron chi connectivity index (χ0n) is 18.5. The Hall–Kier alpha value is -2.08. The van der Waals surface area contributed by atoms with E-state index in [2.05, 4.69) is 0 Å². The summed E-state index contributed by atoms with van der Waals surface area (Å²) in [7, 11) is 0. The molecule has 0 spiro atoms. The average Bonchev–Trinajstić information content (AvgIpc) is 2.62. The fraction of sp³-hybridized carbons (Fsp3) is 0.800. The lowest BCUT2D eigenvalue weighted by Crippen LogP contribution is -2.49. The van der Waals surface area contributed by atoms with E-state index >= 15 is 0 Å². The van der Waals surface area contributed by atoms with Crippen LogP contribution in [-0.4, -0.2) is 137 Å². The van der Waals surface area contributed by atoms with Crippen LogP contribution in [0.5, 0.6) is 0 Å². The lowest BCUT2D eigenvalue weighted by molar-refractivity contribution is -0.140. The Balaban J connectivity index is 2.93. The van der Waals surface area contributed by atoms with Crippen molar-refractivity contribution in [3.63, 3.8) is 0 Å². The molecule has 1 saturated heterocycles. The SMILES string of the molecule is CC(C)CC(=O)CN1CCN(CC(=O)O)CCN(CC(=O)O)CCN(CC(=O)O)CC1. The van der Waals surface area contributed by atoms with Gasteiger partial charge in [-0.1, -0.05) is 13.8 Å². The predicted molar refractivity (Wildman–Crippen MR) is 113 cm³/mol. The van der Waals surface area contributed by atoms with Crippen LogP contribution in [0.25, 0.3) is 0 Å². The third-order valence-corrected chi connectivity index (χ3v) is 5.04. The number of ketones is 1. The van der Waals surface area contributed by atoms with Crippen molar-refractivity contribution >= 4 is 23.7 Å². The van der Waals surface area contributed by atoms with Gasteiger partial charge in [0.1, 0.15) is 5.78 Å². The van der Waals surface area contributed by atoms with E-state index in [0.29, 0.717) is 58.8 Å². The standard InChI is InChI=1S/C20H36N4O7/c1-16(2)11-17(25)12-21-3-5-22(13-18(26)27)7-9-24(15-20(30)31)10-8-23(6-4-21)14-19(28)29/h16H,3-15H2,1-2H3,(H,26,27)(H,28,29)(H,30,31). The second-order valence-electron chi connectivity index (χ2n) is 8.42. The highest BCUT2D eigenvalue weighted by Crippen LogP contribution is 2.05. The Bertz CT molecular complexity index is 582. The zero-order valence-corrected chi connectivity index (χ0v) is 18.5. The molecule has 0 aliphatic carbocycles. The molecule has 0 unspecified atom stereocenters. The predicted octanol–water partition coefficient (Wildman–Crippen LogP) is -0.923. The summed E-state index contributed by atoms with van der Waals surface area (Å²) < 4.78 is 0. The van der Waals surface area contributed by atoms with Crippen molar-refractivity contribution in [2.45, 2.75) is 20.3 Å². The number of carbonyl (C=O) groups excluding carboxylic acids is 1. The molecule has 1 aliphatic rings. The first-order valence-corrected chi connectivity index (χ1v) is 10.6. The molecule has 0 saturated carbocycles. The first-order valence-electron chi connectivity index (χ1n) is 10.6. The van der Waals surface area contributed by atoms with E-state index in [1.54, 1.807) is 14.7 Å². The van der Waals surface area contributed by atoms with E-state index in [9.17, 15) is 29.4 Å². The molecule has 0 bridgehead atoms. The molecule has 11 nitrogen and oxygen atoms in total. The van der Waals surface area contributed by atoms with Crippen molar-refractivity contribution < 1.29 is 34.5 Å². The monoisotopic (exact) mass is 444 g/mol.